The zero-order valence-electron chi connectivity index (χ0n) is 20.9. The van der Waals surface area contributed by atoms with Crippen LogP contribution in [0.25, 0.3) is 33.4 Å². The molecule has 2 aromatic carbocycles. The van der Waals surface area contributed by atoms with Crippen LogP contribution in [0.15, 0.2) is 65.8 Å². The number of aliphatic hydroxyl groups excluding tert-OH is 2. The first kappa shape index (κ1) is 26.3. The minimum atomic E-state index is -3.87. The standard InChI is InChI=1S/C27H31N5O5S/c33-14-12-32(13-15-34)38(35,36)22-10-8-20(9-11-22)25-23(19-5-2-1-3-6-19)24-26(29-18-30-27(24)31-25)28-17-21-7-4-16-37-21/h1-3,5-6,8-11,18,21,33-34H,4,7,12-17H2,(H2,28,29,30,31). The molecule has 0 spiro atoms. The van der Waals surface area contributed by atoms with Gasteiger partial charge < -0.3 is 25.3 Å². The third-order valence-electron chi connectivity index (χ3n) is 6.65. The largest absolute Gasteiger partial charge is 0.395 e. The van der Waals surface area contributed by atoms with Crippen molar-refractivity contribution in [3.05, 3.63) is 60.9 Å². The molecule has 0 bridgehead atoms. The molecule has 0 saturated carbocycles. The maximum atomic E-state index is 13.1. The summed E-state index contributed by atoms with van der Waals surface area (Å²) < 4.78 is 33.0. The first-order valence-corrected chi connectivity index (χ1v) is 14.1. The Morgan fingerprint density at radius 1 is 1.00 bits per heavy atom. The number of hydrogen-bond acceptors (Lipinski definition) is 8. The number of nitrogens with zero attached hydrogens (tertiary/aromatic N) is 3. The zero-order valence-corrected chi connectivity index (χ0v) is 21.7. The maximum Gasteiger partial charge on any atom is 0.243 e. The Morgan fingerprint density at radius 3 is 2.39 bits per heavy atom. The Labute approximate surface area is 221 Å². The predicted molar refractivity (Wildman–Crippen MR) is 145 cm³/mol. The Morgan fingerprint density at radius 2 is 1.74 bits per heavy atom. The molecular weight excluding hydrogens is 506 g/mol. The van der Waals surface area contributed by atoms with Crippen molar-refractivity contribution in [3.8, 4) is 22.4 Å². The van der Waals surface area contributed by atoms with Crippen molar-refractivity contribution < 1.29 is 23.4 Å². The molecule has 4 aromatic rings. The summed E-state index contributed by atoms with van der Waals surface area (Å²) >= 11 is 0. The Balaban J connectivity index is 1.56. The molecule has 0 aliphatic carbocycles. The van der Waals surface area contributed by atoms with E-state index in [9.17, 15) is 18.6 Å². The molecule has 1 saturated heterocycles. The van der Waals surface area contributed by atoms with Crippen molar-refractivity contribution >= 4 is 26.9 Å². The number of H-pyrrole nitrogens is 1. The fourth-order valence-electron chi connectivity index (χ4n) is 4.80. The number of rotatable bonds is 11. The quantitative estimate of drug-likeness (QED) is 0.229. The van der Waals surface area contributed by atoms with Gasteiger partial charge in [0.25, 0.3) is 0 Å². The van der Waals surface area contributed by atoms with Crippen molar-refractivity contribution in [1.29, 1.82) is 0 Å². The van der Waals surface area contributed by atoms with Gasteiger partial charge in [0.1, 0.15) is 17.8 Å². The van der Waals surface area contributed by atoms with E-state index in [0.29, 0.717) is 18.0 Å². The van der Waals surface area contributed by atoms with Gasteiger partial charge in [0.05, 0.1) is 35.3 Å². The second kappa shape index (κ2) is 11.6. The number of ether oxygens (including phenoxy) is 1. The Hall–Kier alpha value is -3.35. The summed E-state index contributed by atoms with van der Waals surface area (Å²) in [6, 6.07) is 16.5. The van der Waals surface area contributed by atoms with Gasteiger partial charge in [-0.2, -0.15) is 4.31 Å². The number of aliphatic hydroxyl groups is 2. The first-order valence-electron chi connectivity index (χ1n) is 12.6. The fraction of sp³-hybridized carbons (Fsp3) is 0.333. The molecule has 1 unspecified atom stereocenters. The molecular formula is C27H31N5O5S. The van der Waals surface area contributed by atoms with Crippen LogP contribution in [-0.4, -0.2) is 83.4 Å². The Kier molecular flexibility index (Phi) is 8.01. The van der Waals surface area contributed by atoms with Crippen LogP contribution >= 0.6 is 0 Å². The number of aromatic amines is 1. The van der Waals surface area contributed by atoms with Gasteiger partial charge >= 0.3 is 0 Å². The molecule has 0 amide bonds. The average Bonchev–Trinajstić information content (AvgIpc) is 3.61. The molecule has 0 radical (unpaired) electrons. The van der Waals surface area contributed by atoms with Gasteiger partial charge in [-0.15, -0.1) is 0 Å². The molecule has 1 aliphatic rings. The number of nitrogens with one attached hydrogen (secondary N) is 2. The highest BCUT2D eigenvalue weighted by Crippen LogP contribution is 2.40. The van der Waals surface area contributed by atoms with Gasteiger partial charge in [-0.1, -0.05) is 42.5 Å². The van der Waals surface area contributed by atoms with E-state index in [-0.39, 0.29) is 37.3 Å². The van der Waals surface area contributed by atoms with Crippen molar-refractivity contribution in [2.75, 3.05) is 44.8 Å². The van der Waals surface area contributed by atoms with Gasteiger partial charge in [0, 0.05) is 31.8 Å². The van der Waals surface area contributed by atoms with E-state index in [1.54, 1.807) is 12.1 Å². The van der Waals surface area contributed by atoms with Crippen molar-refractivity contribution in [1.82, 2.24) is 19.3 Å². The third kappa shape index (κ3) is 5.29. The number of hydrogen-bond donors (Lipinski definition) is 4. The van der Waals surface area contributed by atoms with E-state index < -0.39 is 10.0 Å². The summed E-state index contributed by atoms with van der Waals surface area (Å²) in [5.41, 5.74) is 4.11. The van der Waals surface area contributed by atoms with Crippen LogP contribution in [0.3, 0.4) is 0 Å². The lowest BCUT2D eigenvalue weighted by Gasteiger charge is -2.20. The van der Waals surface area contributed by atoms with Crippen LogP contribution in [0.5, 0.6) is 0 Å². The summed E-state index contributed by atoms with van der Waals surface area (Å²) in [7, 11) is -3.87. The fourth-order valence-corrected chi connectivity index (χ4v) is 6.22. The monoisotopic (exact) mass is 537 g/mol. The topological polar surface area (TPSA) is 141 Å². The van der Waals surface area contributed by atoms with Gasteiger partial charge in [0.2, 0.25) is 10.0 Å². The molecule has 5 rings (SSSR count). The second-order valence-electron chi connectivity index (χ2n) is 9.08. The van der Waals surface area contributed by atoms with Crippen LogP contribution in [0.1, 0.15) is 12.8 Å². The van der Waals surface area contributed by atoms with Gasteiger partial charge in [-0.25, -0.2) is 18.4 Å². The van der Waals surface area contributed by atoms with E-state index in [2.05, 4.69) is 20.3 Å². The Bertz CT molecular complexity index is 1460. The highest BCUT2D eigenvalue weighted by molar-refractivity contribution is 7.89. The number of aromatic nitrogens is 3. The van der Waals surface area contributed by atoms with Crippen LogP contribution in [0.2, 0.25) is 0 Å². The minimum Gasteiger partial charge on any atom is -0.395 e. The summed E-state index contributed by atoms with van der Waals surface area (Å²) in [4.78, 5) is 12.5. The molecule has 1 atom stereocenters. The van der Waals surface area contributed by atoms with Gasteiger partial charge in [-0.3, -0.25) is 0 Å². The minimum absolute atomic E-state index is 0.0826. The molecule has 1 fully saturated rings. The van der Waals surface area contributed by atoms with Crippen LogP contribution < -0.4 is 5.32 Å². The molecule has 1 aliphatic heterocycles. The van der Waals surface area contributed by atoms with Crippen LogP contribution in [0.4, 0.5) is 5.82 Å². The maximum absolute atomic E-state index is 13.1. The predicted octanol–water partition coefficient (Wildman–Crippen LogP) is 2.86. The molecule has 10 nitrogen and oxygen atoms in total. The van der Waals surface area contributed by atoms with E-state index >= 15 is 0 Å². The van der Waals surface area contributed by atoms with E-state index in [0.717, 1.165) is 51.5 Å². The van der Waals surface area contributed by atoms with Crippen LogP contribution in [0, 0.1) is 0 Å². The summed E-state index contributed by atoms with van der Waals surface area (Å²) in [5, 5.41) is 22.9. The number of anilines is 1. The number of benzene rings is 2. The molecule has 4 N–H and O–H groups in total. The average molecular weight is 538 g/mol. The summed E-state index contributed by atoms with van der Waals surface area (Å²) in [6.45, 7) is 0.564. The lowest BCUT2D eigenvalue weighted by molar-refractivity contribution is 0.120. The lowest BCUT2D eigenvalue weighted by atomic mass is 9.99. The lowest BCUT2D eigenvalue weighted by Crippen LogP contribution is -2.35. The van der Waals surface area contributed by atoms with E-state index in [1.165, 1.54) is 18.5 Å². The number of sulfonamides is 1. The third-order valence-corrected chi connectivity index (χ3v) is 8.57. The van der Waals surface area contributed by atoms with Gasteiger partial charge in [0.15, 0.2) is 0 Å². The van der Waals surface area contributed by atoms with Crippen molar-refractivity contribution in [2.45, 2.75) is 23.8 Å². The normalized spacial score (nSPS) is 15.9. The summed E-state index contributed by atoms with van der Waals surface area (Å²) in [5.74, 6) is 0.703. The van der Waals surface area contributed by atoms with Crippen molar-refractivity contribution in [2.24, 2.45) is 0 Å². The van der Waals surface area contributed by atoms with Gasteiger partial charge in [-0.05, 0) is 36.1 Å². The first-order chi connectivity index (χ1) is 18.5. The SMILES string of the molecule is O=S(=O)(c1ccc(-c2[nH]c3ncnc(NCC4CCCO4)c3c2-c2ccccc2)cc1)N(CCO)CCO. The molecule has 38 heavy (non-hydrogen) atoms. The van der Waals surface area contributed by atoms with Crippen LogP contribution in [-0.2, 0) is 14.8 Å². The van der Waals surface area contributed by atoms with E-state index in [4.69, 9.17) is 4.74 Å². The molecule has 3 heterocycles. The molecule has 11 heteroatoms. The zero-order chi connectivity index (χ0) is 26.5. The van der Waals surface area contributed by atoms with Crippen molar-refractivity contribution in [3.63, 3.8) is 0 Å². The number of fused-ring (bicyclic) bond motifs is 1. The smallest absolute Gasteiger partial charge is 0.243 e. The highest BCUT2D eigenvalue weighted by atomic mass is 32.2. The molecule has 2 aromatic heterocycles. The second-order valence-corrected chi connectivity index (χ2v) is 11.0. The highest BCUT2D eigenvalue weighted by Gasteiger charge is 2.25. The summed E-state index contributed by atoms with van der Waals surface area (Å²) in [6.07, 6.45) is 3.72. The molecule has 200 valence electrons. The van der Waals surface area contributed by atoms with E-state index in [1.807, 2.05) is 30.3 Å².